The Labute approximate surface area is 95.4 Å². The fourth-order valence-corrected chi connectivity index (χ4v) is 1.81. The van der Waals surface area contributed by atoms with Crippen molar-refractivity contribution in [2.24, 2.45) is 0 Å². The fraction of sp³-hybridized carbons (Fsp3) is 0.111. The monoisotopic (exact) mass is 283 g/mol. The van der Waals surface area contributed by atoms with Crippen LogP contribution in [0, 0.1) is 0 Å². The van der Waals surface area contributed by atoms with E-state index in [1.54, 1.807) is 0 Å². The second-order valence-electron chi connectivity index (χ2n) is 2.47. The second-order valence-corrected chi connectivity index (χ2v) is 3.44. The Balaban J connectivity index is 0.000000605. The van der Waals surface area contributed by atoms with Crippen LogP contribution in [0.15, 0.2) is 30.3 Å². The van der Waals surface area contributed by atoms with Gasteiger partial charge in [-0.05, 0) is 0 Å². The van der Waals surface area contributed by atoms with Crippen molar-refractivity contribution >= 4 is 30.0 Å². The summed E-state index contributed by atoms with van der Waals surface area (Å²) >= 11 is 2.22. The van der Waals surface area contributed by atoms with Gasteiger partial charge in [0.25, 0.3) is 0 Å². The van der Waals surface area contributed by atoms with Crippen LogP contribution in [0.4, 0.5) is 0 Å². The first-order valence-corrected chi connectivity index (χ1v) is 4.26. The van der Waals surface area contributed by atoms with E-state index in [4.69, 9.17) is 0 Å². The molecule has 1 unspecified atom stereocenters. The maximum absolute atomic E-state index is 2.24. The Kier molecular flexibility index (Phi) is 3.41. The van der Waals surface area contributed by atoms with Crippen LogP contribution in [0.2, 0.25) is 0 Å². The van der Waals surface area contributed by atoms with Crippen LogP contribution in [0.5, 0.6) is 0 Å². The van der Waals surface area contributed by atoms with Crippen molar-refractivity contribution in [3.8, 4) is 0 Å². The number of hydrogen-bond donors (Lipinski definition) is 0. The van der Waals surface area contributed by atoms with E-state index in [0.717, 1.165) is 0 Å². The van der Waals surface area contributed by atoms with Gasteiger partial charge in [-0.1, -0.05) is 0 Å². The predicted octanol–water partition coefficient (Wildman–Crippen LogP) is 1.92. The first-order chi connectivity index (χ1) is 4.88. The Bertz CT molecular complexity index is 281. The van der Waals surface area contributed by atoms with Gasteiger partial charge >= 0.3 is 72.2 Å². The maximum atomic E-state index is 2.24. The molecular weight excluding hydrogens is 275 g/mol. The van der Waals surface area contributed by atoms with Crippen molar-refractivity contribution in [1.82, 2.24) is 0 Å². The Morgan fingerprint density at radius 2 is 1.91 bits per heavy atom. The summed E-state index contributed by atoms with van der Waals surface area (Å²) in [5, 5.41) is 0. The molecule has 0 amide bonds. The van der Waals surface area contributed by atoms with Crippen LogP contribution in [0.3, 0.4) is 0 Å². The summed E-state index contributed by atoms with van der Waals surface area (Å²) in [6.45, 7) is 0. The van der Waals surface area contributed by atoms with Crippen molar-refractivity contribution in [2.75, 3.05) is 0 Å². The van der Waals surface area contributed by atoms with Gasteiger partial charge in [0.05, 0.1) is 0 Å². The van der Waals surface area contributed by atoms with Gasteiger partial charge in [0, 0.05) is 23.9 Å². The average Bonchev–Trinajstić information content (AvgIpc) is 2.34. The summed E-state index contributed by atoms with van der Waals surface area (Å²) in [5.41, 5.74) is 2.84. The first kappa shape index (κ1) is 9.56. The molecule has 0 aliphatic heterocycles. The van der Waals surface area contributed by atoms with Gasteiger partial charge in [-0.15, -0.1) is 0 Å². The summed E-state index contributed by atoms with van der Waals surface area (Å²) < 4.78 is 0.621. The number of hydrogen-bond acceptors (Lipinski definition) is 0. The molecule has 0 heterocycles. The summed E-state index contributed by atoms with van der Waals surface area (Å²) in [6, 6.07) is 8.54. The summed E-state index contributed by atoms with van der Waals surface area (Å²) in [7, 11) is 0. The molecular formula is C9H7SnTi. The molecule has 1 atom stereocenters. The van der Waals surface area contributed by atoms with Gasteiger partial charge in [-0.25, -0.2) is 0 Å². The van der Waals surface area contributed by atoms with Gasteiger partial charge in [0.2, 0.25) is 0 Å². The molecule has 0 aromatic heterocycles. The molecule has 0 spiro atoms. The minimum atomic E-state index is 0. The standard InChI is InChI=1S/C9H7.Sn.Ti/c1-2-5-9-7-3-6-8(9)4-1;;/h1-7H;;. The minimum absolute atomic E-state index is 0. The molecule has 0 saturated heterocycles. The van der Waals surface area contributed by atoms with E-state index >= 15 is 0 Å². The second kappa shape index (κ2) is 3.93. The van der Waals surface area contributed by atoms with E-state index in [0.29, 0.717) is 4.22 Å². The number of allylic oxidation sites excluding steroid dienone is 1. The predicted molar refractivity (Wildman–Crippen MR) is 44.0 cm³/mol. The van der Waals surface area contributed by atoms with Gasteiger partial charge in [0.1, 0.15) is 0 Å². The van der Waals surface area contributed by atoms with Crippen LogP contribution in [0.25, 0.3) is 6.08 Å². The van der Waals surface area contributed by atoms with E-state index in [1.807, 2.05) is 0 Å². The van der Waals surface area contributed by atoms with Crippen LogP contribution in [0.1, 0.15) is 15.3 Å². The summed E-state index contributed by atoms with van der Waals surface area (Å²) in [5.74, 6) is 0. The zero-order chi connectivity index (χ0) is 6.97. The van der Waals surface area contributed by atoms with E-state index in [2.05, 4.69) is 56.9 Å². The number of fused-ring (bicyclic) bond motifs is 1. The molecule has 0 nitrogen and oxygen atoms in total. The Morgan fingerprint density at radius 3 is 2.64 bits per heavy atom. The van der Waals surface area contributed by atoms with Crippen molar-refractivity contribution in [3.05, 3.63) is 41.5 Å². The van der Waals surface area contributed by atoms with Crippen molar-refractivity contribution < 1.29 is 20.4 Å². The molecule has 1 aromatic carbocycles. The third-order valence-electron chi connectivity index (χ3n) is 1.80. The quantitative estimate of drug-likeness (QED) is 0.638. The summed E-state index contributed by atoms with van der Waals surface area (Å²) in [6.07, 6.45) is 4.44. The molecule has 4 radical (unpaired) electrons. The van der Waals surface area contributed by atoms with Crippen molar-refractivity contribution in [3.63, 3.8) is 0 Å². The van der Waals surface area contributed by atoms with Crippen LogP contribution in [-0.4, -0.2) is 23.9 Å². The molecule has 11 heavy (non-hydrogen) atoms. The Morgan fingerprint density at radius 1 is 1.18 bits per heavy atom. The molecule has 0 bridgehead atoms. The summed E-state index contributed by atoms with van der Waals surface area (Å²) in [4.78, 5) is 0. The van der Waals surface area contributed by atoms with E-state index < -0.39 is 0 Å². The number of benzene rings is 1. The Hall–Kier alpha value is 0.473. The molecule has 0 saturated carbocycles. The molecule has 2 rings (SSSR count). The van der Waals surface area contributed by atoms with Crippen LogP contribution >= 0.6 is 0 Å². The molecule has 1 aromatic rings. The van der Waals surface area contributed by atoms with Crippen LogP contribution < -0.4 is 0 Å². The third-order valence-corrected chi connectivity index (χ3v) is 2.59. The average molecular weight is 282 g/mol. The molecule has 1 aliphatic rings. The van der Waals surface area contributed by atoms with Gasteiger partial charge in [0.15, 0.2) is 0 Å². The van der Waals surface area contributed by atoms with E-state index in [1.165, 1.54) is 11.1 Å². The van der Waals surface area contributed by atoms with E-state index in [-0.39, 0.29) is 23.9 Å². The topological polar surface area (TPSA) is 0 Å². The third kappa shape index (κ3) is 1.79. The molecule has 2 heteroatoms. The normalized spacial score (nSPS) is 19.0. The number of rotatable bonds is 0. The zero-order valence-corrected chi connectivity index (χ0v) is 10.5. The molecule has 51 valence electrons. The van der Waals surface area contributed by atoms with Gasteiger partial charge in [-0.2, -0.15) is 0 Å². The van der Waals surface area contributed by atoms with Crippen LogP contribution in [-0.2, 0) is 20.4 Å². The van der Waals surface area contributed by atoms with Crippen molar-refractivity contribution in [1.29, 1.82) is 0 Å². The van der Waals surface area contributed by atoms with Crippen molar-refractivity contribution in [2.45, 2.75) is 4.22 Å². The zero-order valence-electron chi connectivity index (χ0n) is 6.04. The van der Waals surface area contributed by atoms with E-state index in [9.17, 15) is 0 Å². The first-order valence-electron chi connectivity index (χ1n) is 3.36. The molecule has 0 fully saturated rings. The molecule has 1 aliphatic carbocycles. The fourth-order valence-electron chi connectivity index (χ4n) is 1.25. The SMILES string of the molecule is [Sn].[Ti][CH]1C=Cc2ccccc21. The molecule has 0 N–H and O–H groups in total. The van der Waals surface area contributed by atoms with Gasteiger partial charge < -0.3 is 0 Å². The van der Waals surface area contributed by atoms with Gasteiger partial charge in [-0.3, -0.25) is 0 Å².